The molecule has 0 saturated heterocycles. The van der Waals surface area contributed by atoms with Gasteiger partial charge in [-0.2, -0.15) is 0 Å². The molecule has 0 fully saturated rings. The molecule has 0 unspecified atom stereocenters. The van der Waals surface area contributed by atoms with E-state index in [1.165, 1.54) is 5.57 Å². The number of carbonyl (C=O) groups excluding carboxylic acids is 1. The van der Waals surface area contributed by atoms with Crippen molar-refractivity contribution in [3.63, 3.8) is 0 Å². The summed E-state index contributed by atoms with van der Waals surface area (Å²) in [5, 5.41) is 0. The van der Waals surface area contributed by atoms with E-state index < -0.39 is 0 Å². The van der Waals surface area contributed by atoms with Gasteiger partial charge in [0.25, 0.3) is 0 Å². The summed E-state index contributed by atoms with van der Waals surface area (Å²) in [5.74, 6) is -0.294. The van der Waals surface area contributed by atoms with Crippen molar-refractivity contribution in [2.75, 3.05) is 33.8 Å². The second kappa shape index (κ2) is 7.28. The molecule has 0 amide bonds. The third-order valence-electron chi connectivity index (χ3n) is 2.63. The van der Waals surface area contributed by atoms with Crippen molar-refractivity contribution in [2.24, 2.45) is 0 Å². The first-order valence-electron chi connectivity index (χ1n) is 6.03. The van der Waals surface area contributed by atoms with Crippen LogP contribution in [0.5, 0.6) is 0 Å². The Morgan fingerprint density at radius 1 is 1.18 bits per heavy atom. The molecule has 0 saturated carbocycles. The van der Waals surface area contributed by atoms with Crippen molar-refractivity contribution < 1.29 is 14.0 Å². The monoisotopic (exact) mass is 240 g/mol. The third kappa shape index (κ3) is 8.69. The Balaban J connectivity index is 3.75. The van der Waals surface area contributed by atoms with E-state index in [0.717, 1.165) is 30.4 Å². The van der Waals surface area contributed by atoms with Gasteiger partial charge < -0.3 is 9.22 Å². The first-order valence-corrected chi connectivity index (χ1v) is 6.03. The van der Waals surface area contributed by atoms with E-state index in [9.17, 15) is 4.79 Å². The second-order valence-electron chi connectivity index (χ2n) is 5.36. The minimum Gasteiger partial charge on any atom is -0.462 e. The topological polar surface area (TPSA) is 26.3 Å². The fourth-order valence-corrected chi connectivity index (χ4v) is 1.39. The van der Waals surface area contributed by atoms with E-state index in [2.05, 4.69) is 34.2 Å². The molecule has 0 radical (unpaired) electrons. The average molecular weight is 240 g/mol. The molecule has 0 aromatic heterocycles. The Kier molecular flexibility index (Phi) is 6.81. The summed E-state index contributed by atoms with van der Waals surface area (Å²) < 4.78 is 5.99. The average Bonchev–Trinajstić information content (AvgIpc) is 2.21. The third-order valence-corrected chi connectivity index (χ3v) is 2.63. The van der Waals surface area contributed by atoms with Crippen LogP contribution in [0, 0.1) is 0 Å². The van der Waals surface area contributed by atoms with E-state index in [0.29, 0.717) is 12.2 Å². The van der Waals surface area contributed by atoms with Crippen molar-refractivity contribution in [3.8, 4) is 0 Å². The van der Waals surface area contributed by atoms with Crippen LogP contribution in [0.3, 0.4) is 0 Å². The number of esters is 1. The molecule has 0 heterocycles. The number of carbonyl (C=O) groups is 1. The highest BCUT2D eigenvalue weighted by Gasteiger charge is 2.14. The second-order valence-corrected chi connectivity index (χ2v) is 5.36. The normalized spacial score (nSPS) is 11.1. The highest BCUT2D eigenvalue weighted by Crippen LogP contribution is 2.06. The molecule has 3 heteroatoms. The summed E-state index contributed by atoms with van der Waals surface area (Å²) >= 11 is 0. The molecule has 0 aliphatic heterocycles. The summed E-state index contributed by atoms with van der Waals surface area (Å²) in [7, 11) is 4.37. The lowest BCUT2D eigenvalue weighted by Crippen LogP contribution is -2.41. The van der Waals surface area contributed by atoms with Crippen molar-refractivity contribution in [2.45, 2.75) is 26.7 Å². The van der Waals surface area contributed by atoms with E-state index in [4.69, 9.17) is 4.74 Å². The molecule has 98 valence electrons. The van der Waals surface area contributed by atoms with Gasteiger partial charge in [-0.25, -0.2) is 4.79 Å². The SMILES string of the molecule is C=C(C)CC[N+](C)(C)CCCOC(=O)C(=C)C. The number of nitrogens with zero attached hydrogens (tertiary/aromatic N) is 1. The molecule has 3 nitrogen and oxygen atoms in total. The Bertz CT molecular complexity index is 293. The van der Waals surface area contributed by atoms with Crippen LogP contribution >= 0.6 is 0 Å². The van der Waals surface area contributed by atoms with Gasteiger partial charge >= 0.3 is 5.97 Å². The van der Waals surface area contributed by atoms with Gasteiger partial charge in [-0.15, -0.1) is 0 Å². The fraction of sp³-hybridized carbons (Fsp3) is 0.643. The minimum absolute atomic E-state index is 0.294. The van der Waals surface area contributed by atoms with Crippen LogP contribution in [-0.4, -0.2) is 44.2 Å². The van der Waals surface area contributed by atoms with Crippen molar-refractivity contribution in [1.29, 1.82) is 0 Å². The van der Waals surface area contributed by atoms with Gasteiger partial charge in [-0.3, -0.25) is 0 Å². The molecule has 0 N–H and O–H groups in total. The first kappa shape index (κ1) is 15.9. The van der Waals surface area contributed by atoms with Crippen LogP contribution in [0.25, 0.3) is 0 Å². The summed E-state index contributed by atoms with van der Waals surface area (Å²) in [6, 6.07) is 0. The quantitative estimate of drug-likeness (QED) is 0.214. The molecule has 17 heavy (non-hydrogen) atoms. The maximum absolute atomic E-state index is 11.1. The van der Waals surface area contributed by atoms with Crippen LogP contribution in [0.4, 0.5) is 0 Å². The van der Waals surface area contributed by atoms with Gasteiger partial charge in [0.15, 0.2) is 0 Å². The van der Waals surface area contributed by atoms with Crippen LogP contribution < -0.4 is 0 Å². The zero-order chi connectivity index (χ0) is 13.5. The van der Waals surface area contributed by atoms with Gasteiger partial charge in [-0.1, -0.05) is 18.7 Å². The number of hydrogen-bond donors (Lipinski definition) is 0. The molecule has 0 aromatic carbocycles. The molecule has 0 atom stereocenters. The van der Waals surface area contributed by atoms with E-state index in [-0.39, 0.29) is 5.97 Å². The standard InChI is InChI=1S/C14H26NO2/c1-12(2)8-10-15(5,6)9-7-11-17-14(16)13(3)4/h1,3,7-11H2,2,4-6H3/q+1. The predicted octanol–water partition coefficient (Wildman–Crippen LogP) is 2.54. The highest BCUT2D eigenvalue weighted by molar-refractivity contribution is 5.86. The van der Waals surface area contributed by atoms with E-state index in [1.807, 2.05) is 0 Å². The number of hydrogen-bond acceptors (Lipinski definition) is 2. The van der Waals surface area contributed by atoms with Gasteiger partial charge in [-0.05, 0) is 13.8 Å². The Hall–Kier alpha value is -1.09. The number of ether oxygens (including phenoxy) is 1. The molecule has 0 aromatic rings. The Morgan fingerprint density at radius 3 is 2.24 bits per heavy atom. The molecular weight excluding hydrogens is 214 g/mol. The maximum Gasteiger partial charge on any atom is 0.333 e. The maximum atomic E-state index is 11.1. The predicted molar refractivity (Wildman–Crippen MR) is 71.7 cm³/mol. The molecule has 0 bridgehead atoms. The van der Waals surface area contributed by atoms with Gasteiger partial charge in [0.1, 0.15) is 0 Å². The van der Waals surface area contributed by atoms with Crippen molar-refractivity contribution in [1.82, 2.24) is 0 Å². The summed E-state index contributed by atoms with van der Waals surface area (Å²) in [5.41, 5.74) is 1.67. The van der Waals surface area contributed by atoms with Crippen LogP contribution in [0.1, 0.15) is 26.7 Å². The smallest absolute Gasteiger partial charge is 0.333 e. The summed E-state index contributed by atoms with van der Waals surface area (Å²) in [4.78, 5) is 11.1. The highest BCUT2D eigenvalue weighted by atomic mass is 16.5. The lowest BCUT2D eigenvalue weighted by molar-refractivity contribution is -0.890. The number of quaternary nitrogens is 1. The minimum atomic E-state index is -0.294. The zero-order valence-corrected chi connectivity index (χ0v) is 11.7. The van der Waals surface area contributed by atoms with Gasteiger partial charge in [0, 0.05) is 18.4 Å². The zero-order valence-electron chi connectivity index (χ0n) is 11.7. The van der Waals surface area contributed by atoms with Crippen LogP contribution in [0.2, 0.25) is 0 Å². The van der Waals surface area contributed by atoms with Crippen LogP contribution in [-0.2, 0) is 9.53 Å². The van der Waals surface area contributed by atoms with Crippen molar-refractivity contribution in [3.05, 3.63) is 24.3 Å². The lowest BCUT2D eigenvalue weighted by Gasteiger charge is -2.29. The molecule has 0 rings (SSSR count). The van der Waals surface area contributed by atoms with Gasteiger partial charge in [0.2, 0.25) is 0 Å². The summed E-state index contributed by atoms with van der Waals surface area (Å²) in [6.45, 7) is 13.7. The Labute approximate surface area is 105 Å². The lowest BCUT2D eigenvalue weighted by atomic mass is 10.2. The molecule has 0 spiro atoms. The Morgan fingerprint density at radius 2 is 1.76 bits per heavy atom. The largest absolute Gasteiger partial charge is 0.462 e. The van der Waals surface area contributed by atoms with Crippen LogP contribution in [0.15, 0.2) is 24.3 Å². The van der Waals surface area contributed by atoms with E-state index >= 15 is 0 Å². The fourth-order valence-electron chi connectivity index (χ4n) is 1.39. The van der Waals surface area contributed by atoms with Crippen molar-refractivity contribution >= 4 is 5.97 Å². The summed E-state index contributed by atoms with van der Waals surface area (Å²) in [6.07, 6.45) is 1.92. The first-order chi connectivity index (χ1) is 7.74. The van der Waals surface area contributed by atoms with Gasteiger partial charge in [0.05, 0.1) is 33.8 Å². The molecule has 0 aliphatic carbocycles. The molecule has 0 aliphatic rings. The molecular formula is C14H26NO2+. The van der Waals surface area contributed by atoms with E-state index in [1.54, 1.807) is 6.92 Å². The number of rotatable bonds is 8.